The maximum atomic E-state index is 12.7. The summed E-state index contributed by atoms with van der Waals surface area (Å²) < 4.78 is 58.0. The van der Waals surface area contributed by atoms with E-state index in [1.165, 1.54) is 44.4 Å². The molecule has 11 heteroatoms. The number of carbonyl (C=O) groups is 1. The Morgan fingerprint density at radius 2 is 1.52 bits per heavy atom. The monoisotopic (exact) mass is 413 g/mol. The molecule has 0 atom stereocenters. The number of nitrogens with one attached hydrogen (secondary N) is 3. The minimum absolute atomic E-state index is 0.0554. The molecule has 0 heterocycles. The highest BCUT2D eigenvalue weighted by molar-refractivity contribution is 7.93. The number of amides is 1. The predicted octanol–water partition coefficient (Wildman–Crippen LogP) is 1.83. The topological polar surface area (TPSA) is 131 Å². The summed E-state index contributed by atoms with van der Waals surface area (Å²) in [6.45, 7) is 1.28. The van der Waals surface area contributed by atoms with Crippen molar-refractivity contribution < 1.29 is 26.4 Å². The van der Waals surface area contributed by atoms with Gasteiger partial charge in [-0.2, -0.15) is 0 Å². The van der Waals surface area contributed by atoms with Gasteiger partial charge in [-0.3, -0.25) is 14.2 Å². The Morgan fingerprint density at radius 3 is 2.04 bits per heavy atom. The Labute approximate surface area is 157 Å². The normalized spacial score (nSPS) is 11.5. The Balaban J connectivity index is 2.42. The zero-order valence-corrected chi connectivity index (χ0v) is 16.4. The second kappa shape index (κ2) is 7.84. The predicted molar refractivity (Wildman–Crippen MR) is 103 cm³/mol. The summed E-state index contributed by atoms with van der Waals surface area (Å²) in [5, 5.41) is 2.50. The Kier molecular flexibility index (Phi) is 5.96. The van der Waals surface area contributed by atoms with Crippen LogP contribution in [0.25, 0.3) is 0 Å². The molecule has 1 amide bonds. The van der Waals surface area contributed by atoms with Crippen LogP contribution in [-0.4, -0.2) is 36.1 Å². The van der Waals surface area contributed by atoms with Crippen molar-refractivity contribution >= 4 is 43.0 Å². The first-order chi connectivity index (χ1) is 12.5. The number of rotatable bonds is 7. The van der Waals surface area contributed by atoms with E-state index in [0.29, 0.717) is 5.75 Å². The summed E-state index contributed by atoms with van der Waals surface area (Å²) >= 11 is 0. The first-order valence-corrected chi connectivity index (χ1v) is 10.9. The van der Waals surface area contributed by atoms with Crippen molar-refractivity contribution in [3.05, 3.63) is 42.5 Å². The molecular weight excluding hydrogens is 394 g/mol. The van der Waals surface area contributed by atoms with Crippen molar-refractivity contribution in [3.63, 3.8) is 0 Å². The molecule has 0 unspecified atom stereocenters. The molecule has 0 fully saturated rings. The molecule has 2 aromatic carbocycles. The fraction of sp³-hybridized carbons (Fsp3) is 0.188. The van der Waals surface area contributed by atoms with Gasteiger partial charge in [-0.25, -0.2) is 16.8 Å². The van der Waals surface area contributed by atoms with Crippen LogP contribution in [0, 0.1) is 0 Å². The van der Waals surface area contributed by atoms with Gasteiger partial charge in [0.25, 0.3) is 10.0 Å². The third-order valence-electron chi connectivity index (χ3n) is 3.26. The van der Waals surface area contributed by atoms with E-state index < -0.39 is 26.0 Å². The third kappa shape index (κ3) is 5.59. The molecule has 2 aromatic rings. The number of sulfonamides is 2. The van der Waals surface area contributed by atoms with Crippen LogP contribution in [0.3, 0.4) is 0 Å². The van der Waals surface area contributed by atoms with Crippen molar-refractivity contribution in [2.45, 2.75) is 11.8 Å². The van der Waals surface area contributed by atoms with Crippen LogP contribution in [0.15, 0.2) is 47.4 Å². The first kappa shape index (κ1) is 20.5. The van der Waals surface area contributed by atoms with E-state index in [1.807, 2.05) is 0 Å². The number of benzene rings is 2. The molecule has 0 aromatic heterocycles. The highest BCUT2D eigenvalue weighted by atomic mass is 32.2. The fourth-order valence-corrected chi connectivity index (χ4v) is 3.89. The maximum Gasteiger partial charge on any atom is 0.262 e. The van der Waals surface area contributed by atoms with E-state index in [4.69, 9.17) is 4.74 Å². The van der Waals surface area contributed by atoms with Crippen LogP contribution in [0.4, 0.5) is 17.1 Å². The molecule has 0 aliphatic carbocycles. The maximum absolute atomic E-state index is 12.7. The van der Waals surface area contributed by atoms with Crippen molar-refractivity contribution in [3.8, 4) is 5.75 Å². The first-order valence-electron chi connectivity index (χ1n) is 7.57. The minimum atomic E-state index is -4.07. The van der Waals surface area contributed by atoms with Gasteiger partial charge in [-0.1, -0.05) is 12.1 Å². The molecular formula is C16H19N3O6S2. The van der Waals surface area contributed by atoms with Gasteiger partial charge in [0.1, 0.15) is 5.75 Å². The van der Waals surface area contributed by atoms with Crippen LogP contribution >= 0.6 is 0 Å². The number of hydrogen-bond acceptors (Lipinski definition) is 6. The molecule has 0 saturated heterocycles. The second-order valence-corrected chi connectivity index (χ2v) is 9.00. The van der Waals surface area contributed by atoms with E-state index >= 15 is 0 Å². The summed E-state index contributed by atoms with van der Waals surface area (Å²) in [4.78, 5) is 11.2. The second-order valence-electron chi connectivity index (χ2n) is 5.57. The lowest BCUT2D eigenvalue weighted by atomic mass is 10.3. The number of methoxy groups -OCH3 is 1. The quantitative estimate of drug-likeness (QED) is 0.635. The lowest BCUT2D eigenvalue weighted by molar-refractivity contribution is -0.114. The largest absolute Gasteiger partial charge is 0.495 e. The molecule has 146 valence electrons. The standard InChI is InChI=1S/C16H19N3O6S2/c1-11(20)17-15-10-12(8-9-16(15)25-2)27(23,24)19-14-7-5-4-6-13(14)18-26(3,21)22/h4-10,18-19H,1-3H3,(H,17,20). The Morgan fingerprint density at radius 1 is 0.926 bits per heavy atom. The van der Waals surface area contributed by atoms with E-state index in [1.54, 1.807) is 12.1 Å². The summed E-state index contributed by atoms with van der Waals surface area (Å²) in [6, 6.07) is 9.92. The number of para-hydroxylation sites is 2. The van der Waals surface area contributed by atoms with Gasteiger partial charge in [0.05, 0.1) is 35.3 Å². The highest BCUT2D eigenvalue weighted by Gasteiger charge is 2.19. The average molecular weight is 413 g/mol. The Bertz CT molecular complexity index is 1070. The van der Waals surface area contributed by atoms with Crippen molar-refractivity contribution in [1.29, 1.82) is 0 Å². The molecule has 2 rings (SSSR count). The molecule has 0 saturated carbocycles. The molecule has 0 aliphatic heterocycles. The van der Waals surface area contributed by atoms with Gasteiger partial charge in [0.2, 0.25) is 15.9 Å². The number of ether oxygens (including phenoxy) is 1. The lowest BCUT2D eigenvalue weighted by Gasteiger charge is -2.15. The molecule has 27 heavy (non-hydrogen) atoms. The molecule has 0 spiro atoms. The van der Waals surface area contributed by atoms with Crippen LogP contribution in [0.2, 0.25) is 0 Å². The van der Waals surface area contributed by atoms with Gasteiger partial charge in [0, 0.05) is 6.92 Å². The smallest absolute Gasteiger partial charge is 0.262 e. The average Bonchev–Trinajstić information content (AvgIpc) is 2.54. The van der Waals surface area contributed by atoms with Crippen molar-refractivity contribution in [1.82, 2.24) is 0 Å². The van der Waals surface area contributed by atoms with E-state index in [-0.39, 0.29) is 22.0 Å². The van der Waals surface area contributed by atoms with Crippen LogP contribution in [0.5, 0.6) is 5.75 Å². The SMILES string of the molecule is COc1ccc(S(=O)(=O)Nc2ccccc2NS(C)(=O)=O)cc1NC(C)=O. The van der Waals surface area contributed by atoms with Crippen LogP contribution < -0.4 is 19.5 Å². The molecule has 0 bridgehead atoms. The minimum Gasteiger partial charge on any atom is -0.495 e. The van der Waals surface area contributed by atoms with Gasteiger partial charge in [-0.15, -0.1) is 0 Å². The fourth-order valence-electron chi connectivity index (χ4n) is 2.21. The van der Waals surface area contributed by atoms with Crippen LogP contribution in [-0.2, 0) is 24.8 Å². The van der Waals surface area contributed by atoms with Gasteiger partial charge >= 0.3 is 0 Å². The summed E-state index contributed by atoms with van der Waals surface area (Å²) in [5.74, 6) is -0.0956. The highest BCUT2D eigenvalue weighted by Crippen LogP contribution is 2.30. The zero-order chi connectivity index (χ0) is 20.2. The number of anilines is 3. The molecule has 0 radical (unpaired) electrons. The number of hydrogen-bond donors (Lipinski definition) is 3. The lowest BCUT2D eigenvalue weighted by Crippen LogP contribution is -2.17. The van der Waals surface area contributed by atoms with E-state index in [0.717, 1.165) is 6.26 Å². The summed E-state index contributed by atoms with van der Waals surface area (Å²) in [7, 11) is -6.28. The molecule has 3 N–H and O–H groups in total. The van der Waals surface area contributed by atoms with E-state index in [2.05, 4.69) is 14.8 Å². The van der Waals surface area contributed by atoms with Gasteiger partial charge < -0.3 is 10.1 Å². The summed E-state index contributed by atoms with van der Waals surface area (Å²) in [6.07, 6.45) is 0.960. The van der Waals surface area contributed by atoms with Gasteiger partial charge in [-0.05, 0) is 30.3 Å². The van der Waals surface area contributed by atoms with E-state index in [9.17, 15) is 21.6 Å². The number of carbonyl (C=O) groups excluding carboxylic acids is 1. The van der Waals surface area contributed by atoms with Crippen LogP contribution in [0.1, 0.15) is 6.92 Å². The van der Waals surface area contributed by atoms with Crippen molar-refractivity contribution in [2.24, 2.45) is 0 Å². The molecule has 9 nitrogen and oxygen atoms in total. The Hall–Kier alpha value is -2.79. The third-order valence-corrected chi connectivity index (χ3v) is 5.21. The zero-order valence-electron chi connectivity index (χ0n) is 14.8. The van der Waals surface area contributed by atoms with Gasteiger partial charge in [0.15, 0.2) is 0 Å². The van der Waals surface area contributed by atoms with Crippen molar-refractivity contribution in [2.75, 3.05) is 28.1 Å². The molecule has 0 aliphatic rings. The summed E-state index contributed by atoms with van der Waals surface area (Å²) in [5.41, 5.74) is 0.328.